The third-order valence-electron chi connectivity index (χ3n) is 3.04. The molecule has 0 aliphatic rings. The number of aromatic nitrogens is 1. The number of carboxylic acids is 1. The Morgan fingerprint density at radius 3 is 2.81 bits per heavy atom. The van der Waals surface area contributed by atoms with Crippen LogP contribution in [0, 0.1) is 0 Å². The second-order valence-corrected chi connectivity index (χ2v) is 5.60. The van der Waals surface area contributed by atoms with Crippen LogP contribution in [0.3, 0.4) is 0 Å². The van der Waals surface area contributed by atoms with Crippen LogP contribution >= 0.6 is 11.3 Å². The van der Waals surface area contributed by atoms with Crippen molar-refractivity contribution in [3.63, 3.8) is 0 Å². The SMILES string of the molecule is O=C(O)CCC(=Cc1ccco1)c1nc2ccccc2s1. The Labute approximate surface area is 125 Å². The van der Waals surface area contributed by atoms with E-state index in [1.165, 1.54) is 0 Å². The molecule has 0 fully saturated rings. The van der Waals surface area contributed by atoms with Crippen molar-refractivity contribution in [2.24, 2.45) is 0 Å². The maximum atomic E-state index is 10.8. The Morgan fingerprint density at radius 1 is 1.24 bits per heavy atom. The van der Waals surface area contributed by atoms with E-state index in [0.717, 1.165) is 20.8 Å². The molecule has 0 atom stereocenters. The van der Waals surface area contributed by atoms with Crippen LogP contribution in [-0.4, -0.2) is 16.1 Å². The summed E-state index contributed by atoms with van der Waals surface area (Å²) in [6.45, 7) is 0. The summed E-state index contributed by atoms with van der Waals surface area (Å²) in [6, 6.07) is 11.5. The number of benzene rings is 1. The van der Waals surface area contributed by atoms with Gasteiger partial charge in [0.25, 0.3) is 0 Å². The van der Waals surface area contributed by atoms with Crippen molar-refractivity contribution in [1.29, 1.82) is 0 Å². The van der Waals surface area contributed by atoms with E-state index in [2.05, 4.69) is 4.98 Å². The maximum absolute atomic E-state index is 10.8. The number of furan rings is 1. The summed E-state index contributed by atoms with van der Waals surface area (Å²) in [5.41, 5.74) is 1.81. The molecule has 2 aromatic heterocycles. The smallest absolute Gasteiger partial charge is 0.303 e. The van der Waals surface area contributed by atoms with Gasteiger partial charge >= 0.3 is 5.97 Å². The van der Waals surface area contributed by atoms with Crippen molar-refractivity contribution in [1.82, 2.24) is 4.98 Å². The summed E-state index contributed by atoms with van der Waals surface area (Å²) in [5.74, 6) is -0.115. The molecule has 0 unspecified atom stereocenters. The minimum atomic E-state index is -0.818. The number of fused-ring (bicyclic) bond motifs is 1. The number of thiazole rings is 1. The van der Waals surface area contributed by atoms with Crippen LogP contribution in [0.1, 0.15) is 23.6 Å². The van der Waals surface area contributed by atoms with Gasteiger partial charge in [-0.1, -0.05) is 12.1 Å². The van der Waals surface area contributed by atoms with Crippen LogP contribution in [0.4, 0.5) is 0 Å². The van der Waals surface area contributed by atoms with Gasteiger partial charge in [0.15, 0.2) is 0 Å². The maximum Gasteiger partial charge on any atom is 0.303 e. The number of carboxylic acid groups (broad SMARTS) is 1. The second kappa shape index (κ2) is 5.93. The summed E-state index contributed by atoms with van der Waals surface area (Å²) < 4.78 is 6.41. The lowest BCUT2D eigenvalue weighted by Crippen LogP contribution is -1.95. The monoisotopic (exact) mass is 299 g/mol. The molecule has 0 aliphatic heterocycles. The van der Waals surface area contributed by atoms with Crippen molar-refractivity contribution in [2.45, 2.75) is 12.8 Å². The van der Waals surface area contributed by atoms with Gasteiger partial charge in [-0.2, -0.15) is 0 Å². The van der Waals surface area contributed by atoms with Crippen molar-refractivity contribution < 1.29 is 14.3 Å². The van der Waals surface area contributed by atoms with Crippen LogP contribution in [0.15, 0.2) is 47.1 Å². The van der Waals surface area contributed by atoms with E-state index in [4.69, 9.17) is 9.52 Å². The first kappa shape index (κ1) is 13.6. The third kappa shape index (κ3) is 3.20. The first-order valence-corrected chi connectivity index (χ1v) is 7.36. The van der Waals surface area contributed by atoms with E-state index < -0.39 is 5.97 Å². The highest BCUT2D eigenvalue weighted by molar-refractivity contribution is 7.19. The van der Waals surface area contributed by atoms with Gasteiger partial charge in [0.2, 0.25) is 0 Å². The van der Waals surface area contributed by atoms with E-state index >= 15 is 0 Å². The number of rotatable bonds is 5. The van der Waals surface area contributed by atoms with Gasteiger partial charge in [-0.15, -0.1) is 11.3 Å². The number of nitrogens with zero attached hydrogens (tertiary/aromatic N) is 1. The van der Waals surface area contributed by atoms with E-state index in [-0.39, 0.29) is 6.42 Å². The fourth-order valence-electron chi connectivity index (χ4n) is 2.04. The predicted octanol–water partition coefficient (Wildman–Crippen LogP) is 4.29. The molecule has 1 N–H and O–H groups in total. The molecule has 0 bridgehead atoms. The Bertz CT molecular complexity index is 754. The van der Waals surface area contributed by atoms with Gasteiger partial charge < -0.3 is 9.52 Å². The summed E-state index contributed by atoms with van der Waals surface area (Å²) >= 11 is 1.56. The highest BCUT2D eigenvalue weighted by Gasteiger charge is 2.11. The van der Waals surface area contributed by atoms with Gasteiger partial charge in [-0.3, -0.25) is 4.79 Å². The average molecular weight is 299 g/mol. The Hall–Kier alpha value is -2.40. The van der Waals surface area contributed by atoms with Crippen LogP contribution in [-0.2, 0) is 4.79 Å². The number of aliphatic carboxylic acids is 1. The Kier molecular flexibility index (Phi) is 3.83. The standard InChI is InChI=1S/C16H13NO3S/c18-15(19)8-7-11(10-12-4-3-9-20-12)16-17-13-5-1-2-6-14(13)21-16/h1-6,9-10H,7-8H2,(H,18,19). The molecule has 0 amide bonds. The third-order valence-corrected chi connectivity index (χ3v) is 4.15. The molecule has 1 aromatic carbocycles. The molecular weight excluding hydrogens is 286 g/mol. The lowest BCUT2D eigenvalue weighted by atomic mass is 10.1. The Morgan fingerprint density at radius 2 is 2.10 bits per heavy atom. The van der Waals surface area contributed by atoms with Crippen LogP contribution < -0.4 is 0 Å². The predicted molar refractivity (Wildman–Crippen MR) is 83.1 cm³/mol. The largest absolute Gasteiger partial charge is 0.481 e. The summed E-state index contributed by atoms with van der Waals surface area (Å²) in [5, 5.41) is 9.75. The van der Waals surface area contributed by atoms with Gasteiger partial charge in [-0.25, -0.2) is 4.98 Å². The second-order valence-electron chi connectivity index (χ2n) is 4.57. The zero-order valence-electron chi connectivity index (χ0n) is 11.2. The molecule has 0 radical (unpaired) electrons. The fraction of sp³-hybridized carbons (Fsp3) is 0.125. The molecule has 106 valence electrons. The molecule has 4 nitrogen and oxygen atoms in total. The molecule has 5 heteroatoms. The van der Waals surface area contributed by atoms with Crippen molar-refractivity contribution in [3.8, 4) is 0 Å². The molecule has 3 rings (SSSR count). The molecular formula is C16H13NO3S. The van der Waals surface area contributed by atoms with Gasteiger partial charge in [0, 0.05) is 6.42 Å². The lowest BCUT2D eigenvalue weighted by Gasteiger charge is -2.01. The molecule has 0 saturated carbocycles. The normalized spacial score (nSPS) is 11.9. The molecule has 3 aromatic rings. The number of allylic oxidation sites excluding steroid dienone is 1. The molecule has 2 heterocycles. The number of carbonyl (C=O) groups is 1. The van der Waals surface area contributed by atoms with Gasteiger partial charge in [0.05, 0.1) is 16.5 Å². The average Bonchev–Trinajstić information content (AvgIpc) is 3.11. The van der Waals surface area contributed by atoms with Gasteiger partial charge in [-0.05, 0) is 42.3 Å². The first-order valence-electron chi connectivity index (χ1n) is 6.54. The minimum Gasteiger partial charge on any atom is -0.481 e. The number of hydrogen-bond acceptors (Lipinski definition) is 4. The number of para-hydroxylation sites is 1. The van der Waals surface area contributed by atoms with E-state index in [9.17, 15) is 4.79 Å². The summed E-state index contributed by atoms with van der Waals surface area (Å²) in [4.78, 5) is 15.4. The lowest BCUT2D eigenvalue weighted by molar-refractivity contribution is -0.136. The molecule has 21 heavy (non-hydrogen) atoms. The fourth-order valence-corrected chi connectivity index (χ4v) is 3.05. The minimum absolute atomic E-state index is 0.0719. The van der Waals surface area contributed by atoms with Crippen molar-refractivity contribution in [3.05, 3.63) is 53.4 Å². The molecule has 0 spiro atoms. The summed E-state index contributed by atoms with van der Waals surface area (Å²) in [6.07, 6.45) is 3.96. The number of hydrogen-bond donors (Lipinski definition) is 1. The van der Waals surface area contributed by atoms with E-state index in [1.54, 1.807) is 23.7 Å². The zero-order valence-corrected chi connectivity index (χ0v) is 12.0. The van der Waals surface area contributed by atoms with Crippen molar-refractivity contribution in [2.75, 3.05) is 0 Å². The summed E-state index contributed by atoms with van der Waals surface area (Å²) in [7, 11) is 0. The van der Waals surface area contributed by atoms with Crippen LogP contribution in [0.5, 0.6) is 0 Å². The molecule has 0 saturated heterocycles. The highest BCUT2D eigenvalue weighted by atomic mass is 32.1. The topological polar surface area (TPSA) is 63.3 Å². The van der Waals surface area contributed by atoms with E-state index in [1.807, 2.05) is 36.4 Å². The zero-order chi connectivity index (χ0) is 14.7. The van der Waals surface area contributed by atoms with Crippen LogP contribution in [0.25, 0.3) is 21.9 Å². The van der Waals surface area contributed by atoms with Crippen LogP contribution in [0.2, 0.25) is 0 Å². The Balaban J connectivity index is 1.99. The van der Waals surface area contributed by atoms with Crippen molar-refractivity contribution >= 4 is 39.2 Å². The molecule has 0 aliphatic carbocycles. The highest BCUT2D eigenvalue weighted by Crippen LogP contribution is 2.30. The van der Waals surface area contributed by atoms with Gasteiger partial charge in [0.1, 0.15) is 10.8 Å². The quantitative estimate of drug-likeness (QED) is 0.763. The van der Waals surface area contributed by atoms with E-state index in [0.29, 0.717) is 12.2 Å². The first-order chi connectivity index (χ1) is 10.2.